The maximum atomic E-state index is 5.40. The van der Waals surface area contributed by atoms with Crippen LogP contribution in [0.25, 0.3) is 0 Å². The first-order valence-electron chi connectivity index (χ1n) is 5.63. The zero-order chi connectivity index (χ0) is 11.7. The second-order valence-electron chi connectivity index (χ2n) is 4.24. The quantitative estimate of drug-likeness (QED) is 0.385. The Hall–Kier alpha value is -0.160. The van der Waals surface area contributed by atoms with E-state index >= 15 is 0 Å². The zero-order valence-electron chi connectivity index (χ0n) is 10.6. The number of rotatable bonds is 8. The van der Waals surface area contributed by atoms with Crippen molar-refractivity contribution in [2.24, 2.45) is 0 Å². The summed E-state index contributed by atoms with van der Waals surface area (Å²) in [5, 5.41) is 0. The number of nitrogens with one attached hydrogen (secondary N) is 1. The zero-order valence-corrected chi connectivity index (χ0v) is 10.6. The van der Waals surface area contributed by atoms with Crippen molar-refractivity contribution in [1.29, 1.82) is 0 Å². The molecule has 0 aliphatic rings. The van der Waals surface area contributed by atoms with E-state index in [-0.39, 0.29) is 11.9 Å². The van der Waals surface area contributed by atoms with E-state index < -0.39 is 0 Å². The summed E-state index contributed by atoms with van der Waals surface area (Å²) in [6.45, 7) is 12.0. The lowest BCUT2D eigenvalue weighted by Gasteiger charge is -2.21. The minimum absolute atomic E-state index is 0.129. The van der Waals surface area contributed by atoms with Gasteiger partial charge < -0.3 is 9.47 Å². The fraction of sp³-hybridized carbons (Fsp3) is 1.00. The van der Waals surface area contributed by atoms with Crippen LogP contribution in [-0.4, -0.2) is 31.6 Å². The summed E-state index contributed by atoms with van der Waals surface area (Å²) in [6, 6.07) is 0. The van der Waals surface area contributed by atoms with Gasteiger partial charge in [0.2, 0.25) is 0 Å². The Balaban J connectivity index is 3.52. The summed E-state index contributed by atoms with van der Waals surface area (Å²) >= 11 is 0. The van der Waals surface area contributed by atoms with Gasteiger partial charge in [0.25, 0.3) is 0 Å². The van der Waals surface area contributed by atoms with E-state index in [1.54, 1.807) is 0 Å². The Morgan fingerprint density at radius 1 is 1.07 bits per heavy atom. The highest BCUT2D eigenvalue weighted by Crippen LogP contribution is 2.04. The number of hydrogen-bond donors (Lipinski definition) is 1. The second kappa shape index (κ2) is 8.05. The first-order valence-corrected chi connectivity index (χ1v) is 5.63. The molecule has 0 fully saturated rings. The topological polar surface area (TPSA) is 39.7 Å². The minimum Gasteiger partial charge on any atom is -0.353 e. The molecule has 0 aromatic rings. The van der Waals surface area contributed by atoms with Crippen LogP contribution in [0, 0.1) is 0 Å². The summed E-state index contributed by atoms with van der Waals surface area (Å²) < 4.78 is 10.8. The summed E-state index contributed by atoms with van der Waals surface area (Å²) in [7, 11) is 0. The van der Waals surface area contributed by atoms with E-state index in [9.17, 15) is 0 Å². The van der Waals surface area contributed by atoms with Crippen molar-refractivity contribution < 1.29 is 14.3 Å². The third kappa shape index (κ3) is 10.1. The molecular formula is C11H25NO3. The van der Waals surface area contributed by atoms with E-state index in [2.05, 4.69) is 5.48 Å². The van der Waals surface area contributed by atoms with Crippen LogP contribution in [0.15, 0.2) is 0 Å². The van der Waals surface area contributed by atoms with Crippen LogP contribution in [0.4, 0.5) is 0 Å². The van der Waals surface area contributed by atoms with Gasteiger partial charge in [0.05, 0.1) is 5.60 Å². The lowest BCUT2D eigenvalue weighted by Crippen LogP contribution is -2.32. The second-order valence-corrected chi connectivity index (χ2v) is 4.24. The van der Waals surface area contributed by atoms with Crippen LogP contribution in [0.3, 0.4) is 0 Å². The molecular weight excluding hydrogens is 194 g/mol. The van der Waals surface area contributed by atoms with Gasteiger partial charge in [0, 0.05) is 26.2 Å². The minimum atomic E-state index is -0.160. The Kier molecular flexibility index (Phi) is 7.96. The van der Waals surface area contributed by atoms with Gasteiger partial charge in [-0.25, -0.2) is 5.48 Å². The molecule has 0 atom stereocenters. The molecule has 4 heteroatoms. The van der Waals surface area contributed by atoms with E-state index in [0.717, 1.165) is 13.0 Å². The van der Waals surface area contributed by atoms with Crippen LogP contribution in [0.2, 0.25) is 0 Å². The Morgan fingerprint density at radius 2 is 1.60 bits per heavy atom. The van der Waals surface area contributed by atoms with Crippen LogP contribution >= 0.6 is 0 Å². The maximum Gasteiger partial charge on any atom is 0.158 e. The van der Waals surface area contributed by atoms with Crippen molar-refractivity contribution in [3.05, 3.63) is 0 Å². The molecule has 92 valence electrons. The van der Waals surface area contributed by atoms with Crippen molar-refractivity contribution >= 4 is 0 Å². The standard InChI is InChI=1S/C11H25NO3/c1-6-13-10(14-7-2)8-9-12-15-11(3,4)5/h10,12H,6-9H2,1-5H3. The first kappa shape index (κ1) is 14.8. The fourth-order valence-corrected chi connectivity index (χ4v) is 1.03. The van der Waals surface area contributed by atoms with E-state index in [1.807, 2.05) is 34.6 Å². The molecule has 0 aliphatic heterocycles. The molecule has 4 nitrogen and oxygen atoms in total. The van der Waals surface area contributed by atoms with Gasteiger partial charge in [-0.2, -0.15) is 0 Å². The van der Waals surface area contributed by atoms with E-state index in [0.29, 0.717) is 13.2 Å². The molecule has 0 saturated carbocycles. The average Bonchev–Trinajstić information content (AvgIpc) is 2.11. The highest BCUT2D eigenvalue weighted by molar-refractivity contribution is 4.56. The van der Waals surface area contributed by atoms with Gasteiger partial charge in [0.1, 0.15) is 0 Å². The van der Waals surface area contributed by atoms with Crippen molar-refractivity contribution in [3.8, 4) is 0 Å². The van der Waals surface area contributed by atoms with Crippen molar-refractivity contribution in [3.63, 3.8) is 0 Å². The van der Waals surface area contributed by atoms with E-state index in [4.69, 9.17) is 14.3 Å². The lowest BCUT2D eigenvalue weighted by atomic mass is 10.2. The summed E-state index contributed by atoms with van der Waals surface area (Å²) in [4.78, 5) is 5.37. The monoisotopic (exact) mass is 219 g/mol. The van der Waals surface area contributed by atoms with Crippen LogP contribution in [0.5, 0.6) is 0 Å². The molecule has 0 aliphatic carbocycles. The third-order valence-electron chi connectivity index (χ3n) is 1.57. The molecule has 0 saturated heterocycles. The summed E-state index contributed by atoms with van der Waals surface area (Å²) in [5.41, 5.74) is 2.75. The highest BCUT2D eigenvalue weighted by Gasteiger charge is 2.11. The molecule has 0 radical (unpaired) electrons. The predicted molar refractivity (Wildman–Crippen MR) is 60.5 cm³/mol. The van der Waals surface area contributed by atoms with Crippen molar-refractivity contribution in [1.82, 2.24) is 5.48 Å². The molecule has 0 bridgehead atoms. The van der Waals surface area contributed by atoms with Gasteiger partial charge in [-0.15, -0.1) is 0 Å². The summed E-state index contributed by atoms with van der Waals surface area (Å²) in [6.07, 6.45) is 0.661. The SMILES string of the molecule is CCOC(CCNOC(C)(C)C)OCC. The van der Waals surface area contributed by atoms with Gasteiger partial charge >= 0.3 is 0 Å². The van der Waals surface area contributed by atoms with Gasteiger partial charge in [-0.1, -0.05) is 0 Å². The molecule has 1 N–H and O–H groups in total. The highest BCUT2D eigenvalue weighted by atomic mass is 16.7. The Labute approximate surface area is 93.2 Å². The molecule has 0 spiro atoms. The first-order chi connectivity index (χ1) is 6.99. The predicted octanol–water partition coefficient (Wildman–Crippen LogP) is 2.10. The number of hydroxylamine groups is 1. The normalized spacial score (nSPS) is 12.4. The number of hydrogen-bond acceptors (Lipinski definition) is 4. The van der Waals surface area contributed by atoms with Gasteiger partial charge in [0.15, 0.2) is 6.29 Å². The largest absolute Gasteiger partial charge is 0.353 e. The average molecular weight is 219 g/mol. The molecule has 0 aromatic carbocycles. The van der Waals surface area contributed by atoms with Gasteiger partial charge in [-0.3, -0.25) is 4.84 Å². The molecule has 15 heavy (non-hydrogen) atoms. The van der Waals surface area contributed by atoms with Crippen LogP contribution in [0.1, 0.15) is 41.0 Å². The fourth-order valence-electron chi connectivity index (χ4n) is 1.03. The molecule has 0 aromatic heterocycles. The lowest BCUT2D eigenvalue weighted by molar-refractivity contribution is -0.147. The number of ether oxygens (including phenoxy) is 2. The van der Waals surface area contributed by atoms with Crippen LogP contribution in [-0.2, 0) is 14.3 Å². The smallest absolute Gasteiger partial charge is 0.158 e. The van der Waals surface area contributed by atoms with Crippen molar-refractivity contribution in [2.45, 2.75) is 52.9 Å². The molecule has 0 unspecified atom stereocenters. The van der Waals surface area contributed by atoms with Crippen LogP contribution < -0.4 is 5.48 Å². The third-order valence-corrected chi connectivity index (χ3v) is 1.57. The molecule has 0 heterocycles. The Morgan fingerprint density at radius 3 is 2.00 bits per heavy atom. The van der Waals surface area contributed by atoms with Gasteiger partial charge in [-0.05, 0) is 34.6 Å². The molecule has 0 rings (SSSR count). The maximum absolute atomic E-state index is 5.40. The van der Waals surface area contributed by atoms with Crippen molar-refractivity contribution in [2.75, 3.05) is 19.8 Å². The Bertz CT molecular complexity index is 139. The van der Waals surface area contributed by atoms with E-state index in [1.165, 1.54) is 0 Å². The molecule has 0 amide bonds. The summed E-state index contributed by atoms with van der Waals surface area (Å²) in [5.74, 6) is 0.